The van der Waals surface area contributed by atoms with Crippen LogP contribution in [-0.4, -0.2) is 18.1 Å². The third-order valence-electron chi connectivity index (χ3n) is 2.14. The van der Waals surface area contributed by atoms with Crippen molar-refractivity contribution in [2.45, 2.75) is 0 Å². The van der Waals surface area contributed by atoms with Gasteiger partial charge >= 0.3 is 5.97 Å². The summed E-state index contributed by atoms with van der Waals surface area (Å²) < 4.78 is 4.64. The van der Waals surface area contributed by atoms with E-state index in [-0.39, 0.29) is 0 Å². The lowest BCUT2D eigenvalue weighted by Gasteiger charge is -2.00. The number of carbonyl (C=O) groups excluding carboxylic acids is 1. The third kappa shape index (κ3) is 1.77. The van der Waals surface area contributed by atoms with E-state index in [9.17, 15) is 4.79 Å². The molecule has 0 aromatic carbocycles. The molecular formula is C11H10N2O2S. The molecule has 0 aliphatic heterocycles. The lowest BCUT2D eigenvalue weighted by molar-refractivity contribution is 0.0607. The Labute approximate surface area is 96.7 Å². The van der Waals surface area contributed by atoms with Crippen LogP contribution in [0.5, 0.6) is 0 Å². The molecular weight excluding hydrogens is 224 g/mol. The first-order chi connectivity index (χ1) is 7.74. The van der Waals surface area contributed by atoms with Gasteiger partial charge in [-0.15, -0.1) is 11.3 Å². The number of nitrogen functional groups attached to an aromatic ring is 1. The molecule has 0 saturated heterocycles. The molecule has 2 aromatic heterocycles. The Morgan fingerprint density at radius 1 is 1.50 bits per heavy atom. The third-order valence-corrected chi connectivity index (χ3v) is 3.12. The van der Waals surface area contributed by atoms with Crippen LogP contribution in [0.3, 0.4) is 0 Å². The zero-order valence-electron chi connectivity index (χ0n) is 8.64. The maximum absolute atomic E-state index is 11.4. The van der Waals surface area contributed by atoms with E-state index >= 15 is 0 Å². The van der Waals surface area contributed by atoms with Gasteiger partial charge in [-0.2, -0.15) is 0 Å². The van der Waals surface area contributed by atoms with Gasteiger partial charge in [0.25, 0.3) is 0 Å². The summed E-state index contributed by atoms with van der Waals surface area (Å²) in [5.41, 5.74) is 7.83. The molecule has 0 unspecified atom stereocenters. The molecule has 0 aliphatic rings. The average Bonchev–Trinajstić information content (AvgIpc) is 2.71. The van der Waals surface area contributed by atoms with Crippen LogP contribution in [-0.2, 0) is 4.74 Å². The van der Waals surface area contributed by atoms with E-state index in [0.717, 1.165) is 11.3 Å². The molecule has 0 fully saturated rings. The molecule has 16 heavy (non-hydrogen) atoms. The number of thiophene rings is 1. The van der Waals surface area contributed by atoms with Gasteiger partial charge < -0.3 is 10.5 Å². The summed E-state index contributed by atoms with van der Waals surface area (Å²) in [6, 6.07) is 5.55. The summed E-state index contributed by atoms with van der Waals surface area (Å²) in [6.07, 6.45) is 1.68. The maximum Gasteiger partial charge on any atom is 0.350 e. The van der Waals surface area contributed by atoms with Gasteiger partial charge in [0.15, 0.2) is 0 Å². The standard InChI is InChI=1S/C11H10N2O2S/c1-15-11(14)10-9(12)7(6-16-10)8-4-2-3-5-13-8/h2-6H,12H2,1H3. The Balaban J connectivity index is 2.45. The van der Waals surface area contributed by atoms with Crippen molar-refractivity contribution in [3.63, 3.8) is 0 Å². The second kappa shape index (κ2) is 4.32. The first-order valence-electron chi connectivity index (χ1n) is 4.60. The van der Waals surface area contributed by atoms with E-state index in [0.29, 0.717) is 10.6 Å². The van der Waals surface area contributed by atoms with E-state index in [1.54, 1.807) is 6.20 Å². The molecule has 82 valence electrons. The number of nitrogens with zero attached hydrogens (tertiary/aromatic N) is 1. The zero-order chi connectivity index (χ0) is 11.5. The van der Waals surface area contributed by atoms with E-state index in [1.807, 2.05) is 23.6 Å². The fourth-order valence-corrected chi connectivity index (χ4v) is 2.24. The summed E-state index contributed by atoms with van der Waals surface area (Å²) in [5, 5.41) is 1.81. The highest BCUT2D eigenvalue weighted by Crippen LogP contribution is 2.33. The molecule has 5 heteroatoms. The first-order valence-corrected chi connectivity index (χ1v) is 5.48. The lowest BCUT2D eigenvalue weighted by atomic mass is 10.2. The van der Waals surface area contributed by atoms with E-state index < -0.39 is 5.97 Å². The molecule has 0 atom stereocenters. The molecule has 0 bridgehead atoms. The Morgan fingerprint density at radius 3 is 2.94 bits per heavy atom. The fourth-order valence-electron chi connectivity index (χ4n) is 1.34. The molecule has 2 N–H and O–H groups in total. The smallest absolute Gasteiger partial charge is 0.350 e. The number of anilines is 1. The van der Waals surface area contributed by atoms with Crippen molar-refractivity contribution in [3.05, 3.63) is 34.7 Å². The summed E-state index contributed by atoms with van der Waals surface area (Å²) in [5.74, 6) is -0.412. The lowest BCUT2D eigenvalue weighted by Crippen LogP contribution is -2.02. The highest BCUT2D eigenvalue weighted by Gasteiger charge is 2.17. The number of carbonyl (C=O) groups is 1. The molecule has 4 nitrogen and oxygen atoms in total. The van der Waals surface area contributed by atoms with Gasteiger partial charge in [0, 0.05) is 17.1 Å². The summed E-state index contributed by atoms with van der Waals surface area (Å²) >= 11 is 1.26. The van der Waals surface area contributed by atoms with E-state index in [1.165, 1.54) is 18.4 Å². The number of ether oxygens (including phenoxy) is 1. The van der Waals surface area contributed by atoms with Crippen LogP contribution in [0.2, 0.25) is 0 Å². The minimum atomic E-state index is -0.412. The molecule has 0 amide bonds. The molecule has 2 rings (SSSR count). The number of methoxy groups -OCH3 is 1. The molecule has 0 aliphatic carbocycles. The fraction of sp³-hybridized carbons (Fsp3) is 0.0909. The zero-order valence-corrected chi connectivity index (χ0v) is 9.45. The van der Waals surface area contributed by atoms with Crippen LogP contribution in [0.1, 0.15) is 9.67 Å². The van der Waals surface area contributed by atoms with Gasteiger partial charge in [0.1, 0.15) is 4.88 Å². The number of pyridine rings is 1. The minimum absolute atomic E-state index is 0.412. The number of hydrogen-bond donors (Lipinski definition) is 1. The Bertz CT molecular complexity index is 508. The van der Waals surface area contributed by atoms with Crippen LogP contribution >= 0.6 is 11.3 Å². The van der Waals surface area contributed by atoms with E-state index in [2.05, 4.69) is 9.72 Å². The molecule has 2 heterocycles. The Kier molecular flexibility index (Phi) is 2.87. The van der Waals surface area contributed by atoms with Crippen molar-refractivity contribution < 1.29 is 9.53 Å². The predicted octanol–water partition coefficient (Wildman–Crippen LogP) is 2.18. The second-order valence-electron chi connectivity index (χ2n) is 3.10. The largest absolute Gasteiger partial charge is 0.465 e. The highest BCUT2D eigenvalue weighted by molar-refractivity contribution is 7.13. The van der Waals surface area contributed by atoms with E-state index in [4.69, 9.17) is 5.73 Å². The van der Waals surface area contributed by atoms with Gasteiger partial charge in [-0.05, 0) is 12.1 Å². The monoisotopic (exact) mass is 234 g/mol. The van der Waals surface area contributed by atoms with Crippen molar-refractivity contribution in [3.8, 4) is 11.3 Å². The van der Waals surface area contributed by atoms with Crippen molar-refractivity contribution in [1.82, 2.24) is 4.98 Å². The van der Waals surface area contributed by atoms with Gasteiger partial charge in [-0.3, -0.25) is 4.98 Å². The van der Waals surface area contributed by atoms with Crippen molar-refractivity contribution in [1.29, 1.82) is 0 Å². The normalized spacial score (nSPS) is 10.1. The number of rotatable bonds is 2. The molecule has 2 aromatic rings. The maximum atomic E-state index is 11.4. The number of aromatic nitrogens is 1. The molecule has 0 saturated carbocycles. The SMILES string of the molecule is COC(=O)c1scc(-c2ccccn2)c1N. The Morgan fingerprint density at radius 2 is 2.31 bits per heavy atom. The van der Waals surface area contributed by atoms with Crippen molar-refractivity contribution in [2.24, 2.45) is 0 Å². The van der Waals surface area contributed by atoms with Crippen molar-refractivity contribution >= 4 is 23.0 Å². The number of nitrogens with two attached hydrogens (primary N) is 1. The van der Waals surface area contributed by atoms with Gasteiger partial charge in [-0.1, -0.05) is 6.07 Å². The van der Waals surface area contributed by atoms with Crippen LogP contribution in [0.15, 0.2) is 29.8 Å². The summed E-state index contributed by atoms with van der Waals surface area (Å²) in [4.78, 5) is 16.0. The quantitative estimate of drug-likeness (QED) is 0.809. The minimum Gasteiger partial charge on any atom is -0.465 e. The molecule has 0 spiro atoms. The van der Waals surface area contributed by atoms with Crippen LogP contribution in [0.25, 0.3) is 11.3 Å². The van der Waals surface area contributed by atoms with Gasteiger partial charge in [-0.25, -0.2) is 4.79 Å². The van der Waals surface area contributed by atoms with Gasteiger partial charge in [0.05, 0.1) is 18.5 Å². The van der Waals surface area contributed by atoms with Crippen LogP contribution in [0, 0.1) is 0 Å². The molecule has 0 radical (unpaired) electrons. The Hall–Kier alpha value is -1.88. The number of hydrogen-bond acceptors (Lipinski definition) is 5. The summed E-state index contributed by atoms with van der Waals surface area (Å²) in [6.45, 7) is 0. The second-order valence-corrected chi connectivity index (χ2v) is 3.98. The number of esters is 1. The predicted molar refractivity (Wildman–Crippen MR) is 63.3 cm³/mol. The topological polar surface area (TPSA) is 65.2 Å². The van der Waals surface area contributed by atoms with Crippen LogP contribution < -0.4 is 5.73 Å². The average molecular weight is 234 g/mol. The first kappa shape index (κ1) is 10.6. The van der Waals surface area contributed by atoms with Gasteiger partial charge in [0.2, 0.25) is 0 Å². The highest BCUT2D eigenvalue weighted by atomic mass is 32.1. The van der Waals surface area contributed by atoms with Crippen LogP contribution in [0.4, 0.5) is 5.69 Å². The summed E-state index contributed by atoms with van der Waals surface area (Å²) in [7, 11) is 1.34. The van der Waals surface area contributed by atoms with Crippen molar-refractivity contribution in [2.75, 3.05) is 12.8 Å².